The van der Waals surface area contributed by atoms with Crippen molar-refractivity contribution in [2.24, 2.45) is 0 Å². The molecule has 0 rings (SSSR count). The summed E-state index contributed by atoms with van der Waals surface area (Å²) in [5.41, 5.74) is 0. The van der Waals surface area contributed by atoms with Crippen LogP contribution < -0.4 is 4.98 Å². The normalized spacial score (nSPS) is 13.5. The zero-order valence-electron chi connectivity index (χ0n) is 17.7. The molecule has 0 aromatic heterocycles. The van der Waals surface area contributed by atoms with Gasteiger partial charge in [-0.3, -0.25) is 4.98 Å². The first-order chi connectivity index (χ1) is 11.0. The van der Waals surface area contributed by atoms with Gasteiger partial charge in [0.15, 0.2) is 25.0 Å². The maximum atomic E-state index is 12.4. The highest BCUT2D eigenvalue weighted by Gasteiger charge is 2.53. The SMILES string of the molecule is C=C(CCC)OC(=O)N[Si](O[Si](C)(C)C)(O[Si](C)(C)C)O[Si](C)(C)C. The first kappa shape index (κ1) is 24.8. The largest absolute Gasteiger partial charge is 0.604 e. The predicted octanol–water partition coefficient (Wildman–Crippen LogP) is 5.02. The Morgan fingerprint density at radius 3 is 1.48 bits per heavy atom. The fourth-order valence-electron chi connectivity index (χ4n) is 1.96. The van der Waals surface area contributed by atoms with E-state index in [1.807, 2.05) is 6.92 Å². The Labute approximate surface area is 158 Å². The average molecular weight is 424 g/mol. The average Bonchev–Trinajstić information content (AvgIpc) is 2.18. The van der Waals surface area contributed by atoms with Gasteiger partial charge in [0.05, 0.1) is 0 Å². The van der Waals surface area contributed by atoms with Gasteiger partial charge in [-0.05, 0) is 65.3 Å². The van der Waals surface area contributed by atoms with Crippen LogP contribution >= 0.6 is 0 Å². The van der Waals surface area contributed by atoms with Gasteiger partial charge in [0.2, 0.25) is 0 Å². The van der Waals surface area contributed by atoms with Crippen LogP contribution in [0.25, 0.3) is 0 Å². The third-order valence-corrected chi connectivity index (χ3v) is 13.4. The molecule has 25 heavy (non-hydrogen) atoms. The van der Waals surface area contributed by atoms with E-state index in [1.54, 1.807) is 0 Å². The minimum Gasteiger partial charge on any atom is -0.416 e. The van der Waals surface area contributed by atoms with Crippen molar-refractivity contribution in [1.82, 2.24) is 4.98 Å². The number of rotatable bonds is 10. The van der Waals surface area contributed by atoms with Crippen LogP contribution in [0.15, 0.2) is 12.3 Å². The Hall–Kier alpha value is -0.242. The molecule has 0 aliphatic heterocycles. The lowest BCUT2D eigenvalue weighted by atomic mass is 10.3. The first-order valence-electron chi connectivity index (χ1n) is 8.75. The molecule has 148 valence electrons. The van der Waals surface area contributed by atoms with Crippen LogP contribution in [0, 0.1) is 0 Å². The van der Waals surface area contributed by atoms with E-state index in [2.05, 4.69) is 70.5 Å². The van der Waals surface area contributed by atoms with Crippen molar-refractivity contribution in [3.8, 4) is 0 Å². The van der Waals surface area contributed by atoms with E-state index in [-0.39, 0.29) is 0 Å². The van der Waals surface area contributed by atoms with Gasteiger partial charge in [-0.15, -0.1) is 0 Å². The second kappa shape index (κ2) is 9.11. The van der Waals surface area contributed by atoms with Gasteiger partial charge in [0, 0.05) is 6.42 Å². The third kappa shape index (κ3) is 12.7. The van der Waals surface area contributed by atoms with E-state index < -0.39 is 40.0 Å². The van der Waals surface area contributed by atoms with E-state index in [0.29, 0.717) is 12.2 Å². The lowest BCUT2D eigenvalue weighted by Gasteiger charge is -2.41. The van der Waals surface area contributed by atoms with Gasteiger partial charge in [0.25, 0.3) is 0 Å². The van der Waals surface area contributed by atoms with Crippen LogP contribution in [-0.4, -0.2) is 40.0 Å². The number of amides is 1. The molecule has 0 bridgehead atoms. The molecule has 0 unspecified atom stereocenters. The molecule has 1 N–H and O–H groups in total. The molecule has 0 fully saturated rings. The van der Waals surface area contributed by atoms with Crippen LogP contribution in [-0.2, 0) is 17.1 Å². The molecule has 0 heterocycles. The zero-order valence-corrected chi connectivity index (χ0v) is 21.7. The molecule has 0 spiro atoms. The summed E-state index contributed by atoms with van der Waals surface area (Å²) < 4.78 is 24.3. The van der Waals surface area contributed by atoms with Crippen molar-refractivity contribution in [3.63, 3.8) is 0 Å². The summed E-state index contributed by atoms with van der Waals surface area (Å²) in [5, 5.41) is 0. The summed E-state index contributed by atoms with van der Waals surface area (Å²) in [5.74, 6) is 0.428. The van der Waals surface area contributed by atoms with E-state index in [4.69, 9.17) is 17.1 Å². The first-order valence-corrected chi connectivity index (χ1v) is 20.7. The van der Waals surface area contributed by atoms with Crippen LogP contribution in [0.2, 0.25) is 58.9 Å². The van der Waals surface area contributed by atoms with E-state index in [0.717, 1.165) is 6.42 Å². The van der Waals surface area contributed by atoms with Crippen molar-refractivity contribution < 1.29 is 21.9 Å². The van der Waals surface area contributed by atoms with Crippen molar-refractivity contribution in [1.29, 1.82) is 0 Å². The number of hydrogen-bond donors (Lipinski definition) is 1. The zero-order chi connectivity index (χ0) is 20.1. The molecule has 0 aliphatic carbocycles. The minimum atomic E-state index is -3.44. The molecule has 0 saturated heterocycles. The monoisotopic (exact) mass is 423 g/mol. The van der Waals surface area contributed by atoms with Crippen LogP contribution in [0.1, 0.15) is 19.8 Å². The van der Waals surface area contributed by atoms with Gasteiger partial charge in [-0.1, -0.05) is 13.5 Å². The van der Waals surface area contributed by atoms with Crippen molar-refractivity contribution in [2.75, 3.05) is 0 Å². The molecule has 0 atom stereocenters. The van der Waals surface area contributed by atoms with Crippen LogP contribution in [0.3, 0.4) is 0 Å². The summed E-state index contributed by atoms with van der Waals surface area (Å²) in [6.45, 7) is 24.3. The standard InChI is InChI=1S/C15H37NO5Si4/c1-12-13-14(2)18-15(17)16-25(19-22(3,4)5,20-23(6,7)8)21-24(9,10)11/h2,12-13H2,1,3-11H3,(H,16,17). The number of hydrogen-bond acceptors (Lipinski definition) is 5. The Bertz CT molecular complexity index is 425. The van der Waals surface area contributed by atoms with E-state index in [9.17, 15) is 4.79 Å². The van der Waals surface area contributed by atoms with Crippen molar-refractivity contribution in [2.45, 2.75) is 78.7 Å². The summed E-state index contributed by atoms with van der Waals surface area (Å²) in [7, 11) is -9.59. The number of carbonyl (C=O) groups excluding carboxylic acids is 1. The third-order valence-electron chi connectivity index (χ3n) is 2.34. The number of allylic oxidation sites excluding steroid dienone is 1. The lowest BCUT2D eigenvalue weighted by molar-refractivity contribution is 0.164. The maximum absolute atomic E-state index is 12.4. The fraction of sp³-hybridized carbons (Fsp3) is 0.800. The topological polar surface area (TPSA) is 66.0 Å². The molecule has 0 aromatic rings. The van der Waals surface area contributed by atoms with Gasteiger partial charge in [-0.2, -0.15) is 0 Å². The Balaban J connectivity index is 5.64. The molecule has 6 nitrogen and oxygen atoms in total. The molecule has 1 amide bonds. The van der Waals surface area contributed by atoms with Crippen molar-refractivity contribution >= 4 is 40.0 Å². The predicted molar refractivity (Wildman–Crippen MR) is 113 cm³/mol. The van der Waals surface area contributed by atoms with Gasteiger partial charge >= 0.3 is 15.1 Å². The minimum absolute atomic E-state index is 0.428. The Morgan fingerprint density at radius 1 is 0.840 bits per heavy atom. The number of carbonyl (C=O) groups is 1. The van der Waals surface area contributed by atoms with E-state index in [1.165, 1.54) is 0 Å². The Morgan fingerprint density at radius 2 is 1.20 bits per heavy atom. The highest BCUT2D eigenvalue weighted by Crippen LogP contribution is 2.24. The Kier molecular flexibility index (Phi) is 9.02. The molecule has 0 saturated carbocycles. The molecule has 0 radical (unpaired) electrons. The van der Waals surface area contributed by atoms with Crippen LogP contribution in [0.4, 0.5) is 4.79 Å². The molecule has 0 aliphatic rings. The van der Waals surface area contributed by atoms with Crippen LogP contribution in [0.5, 0.6) is 0 Å². The molecular weight excluding hydrogens is 387 g/mol. The maximum Gasteiger partial charge on any atom is 0.604 e. The second-order valence-corrected chi connectivity index (χ2v) is 25.5. The quantitative estimate of drug-likeness (QED) is 0.395. The highest BCUT2D eigenvalue weighted by molar-refractivity contribution is 6.89. The summed E-state index contributed by atoms with van der Waals surface area (Å²) >= 11 is 0. The number of nitrogens with one attached hydrogen (secondary N) is 1. The van der Waals surface area contributed by atoms with Gasteiger partial charge in [0.1, 0.15) is 5.76 Å². The molecule has 0 aromatic carbocycles. The highest BCUT2D eigenvalue weighted by atomic mass is 28.5. The van der Waals surface area contributed by atoms with E-state index >= 15 is 0 Å². The smallest absolute Gasteiger partial charge is 0.416 e. The number of ether oxygens (including phenoxy) is 1. The van der Waals surface area contributed by atoms with Gasteiger partial charge in [-0.25, -0.2) is 4.79 Å². The fourth-order valence-corrected chi connectivity index (χ4v) is 14.2. The molecular formula is C15H37NO5Si4. The molecule has 10 heteroatoms. The summed E-state index contributed by atoms with van der Waals surface area (Å²) in [6, 6.07) is 0. The summed E-state index contributed by atoms with van der Waals surface area (Å²) in [6.07, 6.45) is 0.872. The second-order valence-electron chi connectivity index (χ2n) is 9.00. The van der Waals surface area contributed by atoms with Gasteiger partial charge < -0.3 is 17.1 Å². The lowest BCUT2D eigenvalue weighted by Crippen LogP contribution is -2.70. The van der Waals surface area contributed by atoms with Crippen molar-refractivity contribution in [3.05, 3.63) is 12.3 Å². The summed E-state index contributed by atoms with van der Waals surface area (Å²) in [4.78, 5) is 15.3.